The largest absolute Gasteiger partial charge is 0.497 e. The number of amides is 1. The number of hydrogen-bond donors (Lipinski definition) is 0. The second-order valence-electron chi connectivity index (χ2n) is 6.39. The van der Waals surface area contributed by atoms with Crippen LogP contribution in [0.5, 0.6) is 11.5 Å². The molecule has 0 spiro atoms. The number of nitrogens with zero attached hydrogens (tertiary/aromatic N) is 4. The van der Waals surface area contributed by atoms with Gasteiger partial charge in [0.15, 0.2) is 0 Å². The number of methoxy groups -OCH3 is 2. The number of ether oxygens (including phenoxy) is 2. The van der Waals surface area contributed by atoms with Gasteiger partial charge in [-0.1, -0.05) is 0 Å². The molecular weight excluding hydrogens is 380 g/mol. The highest BCUT2D eigenvalue weighted by Gasteiger charge is 2.14. The standard InChI is InChI=1S/C23H20N4O3/c1-29-20-7-8-21(23(15-20)30-2)22-11-14-25-27(22)19-5-3-17(4-6-19)26(16-28)18-9-12-24-13-10-18/h3-16H,1-2H3. The Morgan fingerprint density at radius 3 is 2.27 bits per heavy atom. The molecule has 0 atom stereocenters. The molecule has 7 nitrogen and oxygen atoms in total. The maximum Gasteiger partial charge on any atom is 0.218 e. The van der Waals surface area contributed by atoms with Crippen molar-refractivity contribution in [1.29, 1.82) is 0 Å². The number of carbonyl (C=O) groups excluding carboxylic acids is 1. The molecule has 2 heterocycles. The summed E-state index contributed by atoms with van der Waals surface area (Å²) < 4.78 is 12.7. The molecule has 0 radical (unpaired) electrons. The molecule has 7 heteroatoms. The summed E-state index contributed by atoms with van der Waals surface area (Å²) in [7, 11) is 3.25. The van der Waals surface area contributed by atoms with E-state index in [1.807, 2.05) is 53.2 Å². The lowest BCUT2D eigenvalue weighted by Gasteiger charge is -2.18. The van der Waals surface area contributed by atoms with Crippen LogP contribution in [0.1, 0.15) is 0 Å². The van der Waals surface area contributed by atoms with Crippen molar-refractivity contribution in [1.82, 2.24) is 14.8 Å². The van der Waals surface area contributed by atoms with E-state index in [0.717, 1.165) is 40.5 Å². The van der Waals surface area contributed by atoms with Crippen molar-refractivity contribution in [2.45, 2.75) is 0 Å². The fourth-order valence-corrected chi connectivity index (χ4v) is 3.25. The number of pyridine rings is 1. The molecule has 0 saturated heterocycles. The molecule has 0 unspecified atom stereocenters. The number of anilines is 2. The average molecular weight is 400 g/mol. The molecule has 150 valence electrons. The Labute approximate surface area is 174 Å². The van der Waals surface area contributed by atoms with Crippen molar-refractivity contribution in [3.8, 4) is 28.4 Å². The van der Waals surface area contributed by atoms with Crippen molar-refractivity contribution in [3.05, 3.63) is 79.3 Å². The van der Waals surface area contributed by atoms with Crippen molar-refractivity contribution in [2.75, 3.05) is 19.1 Å². The van der Waals surface area contributed by atoms with Gasteiger partial charge in [-0.05, 0) is 54.6 Å². The Balaban J connectivity index is 1.69. The highest BCUT2D eigenvalue weighted by atomic mass is 16.5. The Hall–Kier alpha value is -4.13. The molecule has 0 aliphatic heterocycles. The Bertz CT molecular complexity index is 1140. The molecule has 30 heavy (non-hydrogen) atoms. The zero-order valence-corrected chi connectivity index (χ0v) is 16.6. The van der Waals surface area contributed by atoms with Gasteiger partial charge in [0.05, 0.1) is 37.5 Å². The van der Waals surface area contributed by atoms with E-state index < -0.39 is 0 Å². The molecule has 2 aromatic heterocycles. The predicted molar refractivity (Wildman–Crippen MR) is 115 cm³/mol. The van der Waals surface area contributed by atoms with Crippen molar-refractivity contribution < 1.29 is 14.3 Å². The SMILES string of the molecule is COc1ccc(-c2ccnn2-c2ccc(N(C=O)c3ccncc3)cc2)c(OC)c1. The van der Waals surface area contributed by atoms with Crippen molar-refractivity contribution in [3.63, 3.8) is 0 Å². The smallest absolute Gasteiger partial charge is 0.218 e. The van der Waals surface area contributed by atoms with Crippen LogP contribution in [0.25, 0.3) is 16.9 Å². The number of aromatic nitrogens is 3. The lowest BCUT2D eigenvalue weighted by Crippen LogP contribution is -2.14. The van der Waals surface area contributed by atoms with E-state index in [-0.39, 0.29) is 0 Å². The van der Waals surface area contributed by atoms with Crippen LogP contribution in [0, 0.1) is 0 Å². The summed E-state index contributed by atoms with van der Waals surface area (Å²) in [6.07, 6.45) is 5.82. The fourth-order valence-electron chi connectivity index (χ4n) is 3.25. The molecule has 2 aromatic carbocycles. The third-order valence-corrected chi connectivity index (χ3v) is 4.75. The van der Waals surface area contributed by atoms with Crippen molar-refractivity contribution in [2.24, 2.45) is 0 Å². The number of rotatable bonds is 7. The van der Waals surface area contributed by atoms with Crippen LogP contribution in [-0.2, 0) is 4.79 Å². The van der Waals surface area contributed by atoms with E-state index in [4.69, 9.17) is 9.47 Å². The Morgan fingerprint density at radius 1 is 0.867 bits per heavy atom. The second-order valence-corrected chi connectivity index (χ2v) is 6.39. The van der Waals surface area contributed by atoms with Gasteiger partial charge in [-0.3, -0.25) is 14.7 Å². The topological polar surface area (TPSA) is 69.5 Å². The maximum absolute atomic E-state index is 11.6. The van der Waals surface area contributed by atoms with Crippen LogP contribution in [0.2, 0.25) is 0 Å². The van der Waals surface area contributed by atoms with Crippen LogP contribution in [0.3, 0.4) is 0 Å². The molecular formula is C23H20N4O3. The molecule has 4 rings (SSSR count). The minimum absolute atomic E-state index is 0.692. The van der Waals surface area contributed by atoms with Gasteiger partial charge in [-0.25, -0.2) is 4.68 Å². The first-order valence-corrected chi connectivity index (χ1v) is 9.26. The molecule has 4 aromatic rings. The molecule has 0 bridgehead atoms. The van der Waals surface area contributed by atoms with Gasteiger partial charge in [0.1, 0.15) is 11.5 Å². The average Bonchev–Trinajstić information content (AvgIpc) is 3.30. The Kier molecular flexibility index (Phi) is 5.43. The normalized spacial score (nSPS) is 10.5. The van der Waals surface area contributed by atoms with Crippen LogP contribution in [-0.4, -0.2) is 35.4 Å². The van der Waals surface area contributed by atoms with E-state index >= 15 is 0 Å². The van der Waals surface area contributed by atoms with E-state index in [2.05, 4.69) is 10.1 Å². The zero-order valence-electron chi connectivity index (χ0n) is 16.6. The summed E-state index contributed by atoms with van der Waals surface area (Å²) in [6, 6.07) is 18.7. The first-order valence-electron chi connectivity index (χ1n) is 9.26. The lowest BCUT2D eigenvalue weighted by molar-refractivity contribution is -0.106. The summed E-state index contributed by atoms with van der Waals surface area (Å²) in [5.74, 6) is 1.41. The summed E-state index contributed by atoms with van der Waals surface area (Å²) in [5.41, 5.74) is 4.12. The van der Waals surface area contributed by atoms with Crippen LogP contribution < -0.4 is 14.4 Å². The number of carbonyl (C=O) groups is 1. The molecule has 0 aliphatic carbocycles. The summed E-state index contributed by atoms with van der Waals surface area (Å²) in [4.78, 5) is 17.2. The van der Waals surface area contributed by atoms with Gasteiger partial charge in [-0.15, -0.1) is 0 Å². The highest BCUT2D eigenvalue weighted by Crippen LogP contribution is 2.34. The minimum atomic E-state index is 0.692. The predicted octanol–water partition coefficient (Wildman–Crippen LogP) is 4.25. The van der Waals surface area contributed by atoms with Gasteiger partial charge in [0, 0.05) is 29.7 Å². The third kappa shape index (κ3) is 3.60. The van der Waals surface area contributed by atoms with Gasteiger partial charge in [0.2, 0.25) is 6.41 Å². The van der Waals surface area contributed by atoms with Crippen LogP contribution in [0.4, 0.5) is 11.4 Å². The van der Waals surface area contributed by atoms with Crippen molar-refractivity contribution >= 4 is 17.8 Å². The fraction of sp³-hybridized carbons (Fsp3) is 0.0870. The van der Waals surface area contributed by atoms with E-state index in [1.165, 1.54) is 0 Å². The molecule has 0 aliphatic rings. The Morgan fingerprint density at radius 2 is 1.60 bits per heavy atom. The quantitative estimate of drug-likeness (QED) is 0.434. The third-order valence-electron chi connectivity index (χ3n) is 4.75. The first-order chi connectivity index (χ1) is 14.7. The van der Waals surface area contributed by atoms with Gasteiger partial charge >= 0.3 is 0 Å². The van der Waals surface area contributed by atoms with E-state index in [9.17, 15) is 4.79 Å². The summed E-state index contributed by atoms with van der Waals surface area (Å²) in [6.45, 7) is 0. The molecule has 0 saturated carbocycles. The van der Waals surface area contributed by atoms with Gasteiger partial charge < -0.3 is 9.47 Å². The highest BCUT2D eigenvalue weighted by molar-refractivity contribution is 5.86. The monoisotopic (exact) mass is 400 g/mol. The van der Waals surface area contributed by atoms with Gasteiger partial charge in [-0.2, -0.15) is 5.10 Å². The summed E-state index contributed by atoms with van der Waals surface area (Å²) >= 11 is 0. The molecule has 1 amide bonds. The molecule has 0 fully saturated rings. The van der Waals surface area contributed by atoms with E-state index in [1.54, 1.807) is 49.8 Å². The number of hydrogen-bond acceptors (Lipinski definition) is 5. The zero-order chi connectivity index (χ0) is 20.9. The van der Waals surface area contributed by atoms with E-state index in [0.29, 0.717) is 5.75 Å². The van der Waals surface area contributed by atoms with Crippen LogP contribution >= 0.6 is 0 Å². The molecule has 0 N–H and O–H groups in total. The lowest BCUT2D eigenvalue weighted by atomic mass is 10.1. The first kappa shape index (κ1) is 19.2. The second kappa shape index (κ2) is 8.48. The number of benzene rings is 2. The maximum atomic E-state index is 11.6. The van der Waals surface area contributed by atoms with Gasteiger partial charge in [0.25, 0.3) is 0 Å². The summed E-state index contributed by atoms with van der Waals surface area (Å²) in [5, 5.41) is 4.47. The minimum Gasteiger partial charge on any atom is -0.497 e. The van der Waals surface area contributed by atoms with Crippen LogP contribution in [0.15, 0.2) is 79.3 Å².